The average Bonchev–Trinajstić information content (AvgIpc) is 2.38. The second kappa shape index (κ2) is 5.58. The highest BCUT2D eigenvalue weighted by molar-refractivity contribution is 5.29. The first kappa shape index (κ1) is 12.5. The van der Waals surface area contributed by atoms with Crippen molar-refractivity contribution in [3.8, 4) is 0 Å². The van der Waals surface area contributed by atoms with Gasteiger partial charge in [-0.1, -0.05) is 27.2 Å². The van der Waals surface area contributed by atoms with Crippen LogP contribution in [-0.4, -0.2) is 16.5 Å². The van der Waals surface area contributed by atoms with Crippen molar-refractivity contribution in [2.45, 2.75) is 58.9 Å². The lowest BCUT2D eigenvalue weighted by atomic mass is 10.0. The highest BCUT2D eigenvalue weighted by Gasteiger charge is 2.18. The van der Waals surface area contributed by atoms with E-state index >= 15 is 0 Å². The maximum absolute atomic E-state index is 4.80. The number of rotatable bonds is 4. The molecule has 0 saturated carbocycles. The van der Waals surface area contributed by atoms with Gasteiger partial charge in [0.1, 0.15) is 5.82 Å². The van der Waals surface area contributed by atoms with E-state index in [1.54, 1.807) is 0 Å². The molecule has 0 saturated heterocycles. The van der Waals surface area contributed by atoms with Crippen LogP contribution in [0.2, 0.25) is 0 Å². The van der Waals surface area contributed by atoms with E-state index in [0.717, 1.165) is 44.6 Å². The minimum absolute atomic E-state index is 0.478. The van der Waals surface area contributed by atoms with E-state index < -0.39 is 0 Å². The number of nitrogens with one attached hydrogen (secondary N) is 1. The van der Waals surface area contributed by atoms with Crippen LogP contribution < -0.4 is 5.32 Å². The standard InChI is InChI=1S/C14H23N3/c1-4-6-12-11-9-15-8-7-13(11)17-14(16-12)10(3)5-2/h10,15H,4-9H2,1-3H3. The van der Waals surface area contributed by atoms with Crippen molar-refractivity contribution in [3.63, 3.8) is 0 Å². The van der Waals surface area contributed by atoms with E-state index in [1.807, 2.05) is 0 Å². The van der Waals surface area contributed by atoms with Crippen molar-refractivity contribution in [3.05, 3.63) is 22.8 Å². The molecule has 0 aromatic carbocycles. The molecule has 94 valence electrons. The van der Waals surface area contributed by atoms with Gasteiger partial charge >= 0.3 is 0 Å². The van der Waals surface area contributed by atoms with Crippen molar-refractivity contribution in [1.82, 2.24) is 15.3 Å². The number of hydrogen-bond acceptors (Lipinski definition) is 3. The van der Waals surface area contributed by atoms with Gasteiger partial charge in [-0.2, -0.15) is 0 Å². The van der Waals surface area contributed by atoms with Crippen LogP contribution in [0.25, 0.3) is 0 Å². The Labute approximate surface area is 104 Å². The Morgan fingerprint density at radius 1 is 1.29 bits per heavy atom. The molecule has 1 aromatic heterocycles. The lowest BCUT2D eigenvalue weighted by molar-refractivity contribution is 0.589. The molecule has 2 rings (SSSR count). The maximum Gasteiger partial charge on any atom is 0.131 e. The molecule has 2 heterocycles. The minimum Gasteiger partial charge on any atom is -0.312 e. The summed E-state index contributed by atoms with van der Waals surface area (Å²) in [6.45, 7) is 8.64. The third-order valence-electron chi connectivity index (χ3n) is 3.58. The average molecular weight is 233 g/mol. The Morgan fingerprint density at radius 3 is 2.82 bits per heavy atom. The second-order valence-corrected chi connectivity index (χ2v) is 4.94. The summed E-state index contributed by atoms with van der Waals surface area (Å²) < 4.78 is 0. The highest BCUT2D eigenvalue weighted by atomic mass is 15.0. The van der Waals surface area contributed by atoms with E-state index in [-0.39, 0.29) is 0 Å². The number of aryl methyl sites for hydroxylation is 1. The van der Waals surface area contributed by atoms with Gasteiger partial charge in [-0.15, -0.1) is 0 Å². The normalized spacial score (nSPS) is 16.6. The quantitative estimate of drug-likeness (QED) is 0.868. The molecule has 0 radical (unpaired) electrons. The summed E-state index contributed by atoms with van der Waals surface area (Å²) in [6.07, 6.45) is 4.40. The van der Waals surface area contributed by atoms with Gasteiger partial charge in [-0.05, 0) is 12.8 Å². The van der Waals surface area contributed by atoms with Gasteiger partial charge in [0.15, 0.2) is 0 Å². The number of fused-ring (bicyclic) bond motifs is 1. The monoisotopic (exact) mass is 233 g/mol. The van der Waals surface area contributed by atoms with Crippen LogP contribution in [-0.2, 0) is 19.4 Å². The molecule has 1 aromatic rings. The molecule has 1 aliphatic rings. The highest BCUT2D eigenvalue weighted by Crippen LogP contribution is 2.21. The lowest BCUT2D eigenvalue weighted by Gasteiger charge is -2.21. The first-order valence-corrected chi connectivity index (χ1v) is 6.85. The van der Waals surface area contributed by atoms with Crippen molar-refractivity contribution in [2.24, 2.45) is 0 Å². The maximum atomic E-state index is 4.80. The van der Waals surface area contributed by atoms with E-state index in [1.165, 1.54) is 17.0 Å². The fraction of sp³-hybridized carbons (Fsp3) is 0.714. The topological polar surface area (TPSA) is 37.8 Å². The van der Waals surface area contributed by atoms with E-state index in [4.69, 9.17) is 9.97 Å². The molecule has 0 aliphatic carbocycles. The van der Waals surface area contributed by atoms with Crippen LogP contribution in [0.5, 0.6) is 0 Å². The van der Waals surface area contributed by atoms with E-state index in [9.17, 15) is 0 Å². The summed E-state index contributed by atoms with van der Waals surface area (Å²) in [4.78, 5) is 9.57. The van der Waals surface area contributed by atoms with Crippen molar-refractivity contribution in [1.29, 1.82) is 0 Å². The van der Waals surface area contributed by atoms with Crippen LogP contribution in [0.4, 0.5) is 0 Å². The van der Waals surface area contributed by atoms with Gasteiger partial charge in [0.05, 0.1) is 5.69 Å². The SMILES string of the molecule is CCCc1nc(C(C)CC)nc2c1CNCC2. The molecule has 1 atom stereocenters. The predicted molar refractivity (Wildman–Crippen MR) is 70.1 cm³/mol. The molecule has 0 fully saturated rings. The molecule has 17 heavy (non-hydrogen) atoms. The van der Waals surface area contributed by atoms with Gasteiger partial charge in [0.25, 0.3) is 0 Å². The Hall–Kier alpha value is -0.960. The van der Waals surface area contributed by atoms with Gasteiger partial charge in [0.2, 0.25) is 0 Å². The fourth-order valence-electron chi connectivity index (χ4n) is 2.28. The smallest absolute Gasteiger partial charge is 0.131 e. The molecule has 1 N–H and O–H groups in total. The Kier molecular flexibility index (Phi) is 4.11. The molecule has 0 bridgehead atoms. The first-order chi connectivity index (χ1) is 8.26. The third kappa shape index (κ3) is 2.65. The summed E-state index contributed by atoms with van der Waals surface area (Å²) in [5, 5.41) is 3.42. The predicted octanol–water partition coefficient (Wildman–Crippen LogP) is 2.59. The molecule has 3 nitrogen and oxygen atoms in total. The summed E-state index contributed by atoms with van der Waals surface area (Å²) in [5.41, 5.74) is 3.93. The minimum atomic E-state index is 0.478. The van der Waals surface area contributed by atoms with Gasteiger partial charge in [-0.25, -0.2) is 9.97 Å². The molecule has 3 heteroatoms. The fourth-order valence-corrected chi connectivity index (χ4v) is 2.28. The Morgan fingerprint density at radius 2 is 2.12 bits per heavy atom. The van der Waals surface area contributed by atoms with Crippen LogP contribution in [0.15, 0.2) is 0 Å². The molecule has 1 unspecified atom stereocenters. The van der Waals surface area contributed by atoms with Crippen molar-refractivity contribution < 1.29 is 0 Å². The molecule has 1 aliphatic heterocycles. The first-order valence-electron chi connectivity index (χ1n) is 6.85. The van der Waals surface area contributed by atoms with E-state index in [0.29, 0.717) is 5.92 Å². The summed E-state index contributed by atoms with van der Waals surface area (Å²) in [7, 11) is 0. The third-order valence-corrected chi connectivity index (χ3v) is 3.58. The van der Waals surface area contributed by atoms with E-state index in [2.05, 4.69) is 26.1 Å². The zero-order valence-electron chi connectivity index (χ0n) is 11.2. The molecule has 0 spiro atoms. The molecule has 0 amide bonds. The number of nitrogens with zero attached hydrogens (tertiary/aromatic N) is 2. The van der Waals surface area contributed by atoms with Crippen molar-refractivity contribution in [2.75, 3.05) is 6.54 Å². The zero-order valence-corrected chi connectivity index (χ0v) is 11.2. The van der Waals surface area contributed by atoms with Gasteiger partial charge in [0, 0.05) is 36.7 Å². The summed E-state index contributed by atoms with van der Waals surface area (Å²) in [5.74, 6) is 1.53. The summed E-state index contributed by atoms with van der Waals surface area (Å²) >= 11 is 0. The van der Waals surface area contributed by atoms with Gasteiger partial charge < -0.3 is 5.32 Å². The molecular weight excluding hydrogens is 210 g/mol. The van der Waals surface area contributed by atoms with Crippen LogP contribution in [0.3, 0.4) is 0 Å². The largest absolute Gasteiger partial charge is 0.312 e. The zero-order chi connectivity index (χ0) is 12.3. The van der Waals surface area contributed by atoms with Crippen molar-refractivity contribution >= 4 is 0 Å². The number of aromatic nitrogens is 2. The number of hydrogen-bond donors (Lipinski definition) is 1. The molecular formula is C14H23N3. The van der Waals surface area contributed by atoms with Crippen LogP contribution >= 0.6 is 0 Å². The lowest BCUT2D eigenvalue weighted by Crippen LogP contribution is -2.27. The second-order valence-electron chi connectivity index (χ2n) is 4.94. The Bertz CT molecular complexity index is 387. The summed E-state index contributed by atoms with van der Waals surface area (Å²) in [6, 6.07) is 0. The van der Waals surface area contributed by atoms with Crippen LogP contribution in [0, 0.1) is 0 Å². The Balaban J connectivity index is 2.40. The van der Waals surface area contributed by atoms with Crippen LogP contribution in [0.1, 0.15) is 62.3 Å². The van der Waals surface area contributed by atoms with Gasteiger partial charge in [-0.3, -0.25) is 0 Å².